The smallest absolute Gasteiger partial charge is 0.214 e. The number of aryl methyl sites for hydroxylation is 1. The molecule has 0 aliphatic rings. The zero-order valence-corrected chi connectivity index (χ0v) is 15.2. The van der Waals surface area contributed by atoms with E-state index in [4.69, 9.17) is 4.98 Å². The lowest BCUT2D eigenvalue weighted by Crippen LogP contribution is -1.98. The largest absolute Gasteiger partial charge is 0.240 e. The minimum Gasteiger partial charge on any atom is -0.240 e. The van der Waals surface area contributed by atoms with Crippen molar-refractivity contribution in [1.29, 1.82) is 0 Å². The van der Waals surface area contributed by atoms with Crippen molar-refractivity contribution >= 4 is 23.1 Å². The summed E-state index contributed by atoms with van der Waals surface area (Å²) in [6.45, 7) is 2.09. The van der Waals surface area contributed by atoms with Gasteiger partial charge in [-0.2, -0.15) is 4.68 Å². The van der Waals surface area contributed by atoms with E-state index in [9.17, 15) is 0 Å². The maximum atomic E-state index is 4.73. The van der Waals surface area contributed by atoms with Crippen LogP contribution in [0.5, 0.6) is 0 Å². The van der Waals surface area contributed by atoms with E-state index in [-0.39, 0.29) is 0 Å². The van der Waals surface area contributed by atoms with E-state index in [1.54, 1.807) is 27.8 Å². The number of para-hydroxylation sites is 1. The number of rotatable bonds is 5. The van der Waals surface area contributed by atoms with Gasteiger partial charge in [0.2, 0.25) is 5.16 Å². The molecule has 0 aliphatic carbocycles. The highest BCUT2D eigenvalue weighted by Crippen LogP contribution is 2.28. The molecule has 0 saturated heterocycles. The minimum absolute atomic E-state index is 0.732. The summed E-state index contributed by atoms with van der Waals surface area (Å²) in [5.74, 6) is 0.732. The van der Waals surface area contributed by atoms with E-state index in [0.717, 1.165) is 32.9 Å². The van der Waals surface area contributed by atoms with Crippen molar-refractivity contribution in [2.24, 2.45) is 0 Å². The predicted octanol–water partition coefficient (Wildman–Crippen LogP) is 4.39. The third kappa shape index (κ3) is 3.62. The van der Waals surface area contributed by atoms with Gasteiger partial charge in [-0.25, -0.2) is 4.98 Å². The van der Waals surface area contributed by atoms with Gasteiger partial charge < -0.3 is 0 Å². The molecular formula is C18H15N5S2. The number of nitrogens with zero attached hydrogens (tertiary/aromatic N) is 5. The van der Waals surface area contributed by atoms with Crippen LogP contribution in [0.25, 0.3) is 16.3 Å². The number of benzene rings is 2. The quantitative estimate of drug-likeness (QED) is 0.491. The number of thioether (sulfide) groups is 1. The summed E-state index contributed by atoms with van der Waals surface area (Å²) >= 11 is 3.25. The molecule has 0 spiro atoms. The van der Waals surface area contributed by atoms with Gasteiger partial charge in [0.05, 0.1) is 11.4 Å². The monoisotopic (exact) mass is 365 g/mol. The van der Waals surface area contributed by atoms with Crippen LogP contribution in [0.1, 0.15) is 11.3 Å². The summed E-state index contributed by atoms with van der Waals surface area (Å²) in [6.07, 6.45) is 0. The maximum Gasteiger partial charge on any atom is 0.214 e. The van der Waals surface area contributed by atoms with Crippen LogP contribution in [-0.4, -0.2) is 25.2 Å². The summed E-state index contributed by atoms with van der Waals surface area (Å²) in [4.78, 5) is 4.73. The summed E-state index contributed by atoms with van der Waals surface area (Å²) in [6, 6.07) is 18.3. The standard InChI is InChI=1S/C18H15N5S2/c1-13-7-9-14(10-8-13)17-19-15(11-24-17)12-25-18-20-21-22-23(18)16-5-3-2-4-6-16/h2-11H,12H2,1H3. The second-order valence-corrected chi connectivity index (χ2v) is 7.31. The van der Waals surface area contributed by atoms with Gasteiger partial charge in [-0.05, 0) is 29.5 Å². The van der Waals surface area contributed by atoms with Gasteiger partial charge in [-0.3, -0.25) is 0 Å². The van der Waals surface area contributed by atoms with Crippen LogP contribution in [0.15, 0.2) is 65.1 Å². The Hall–Kier alpha value is -2.51. The number of hydrogen-bond donors (Lipinski definition) is 0. The SMILES string of the molecule is Cc1ccc(-c2nc(CSc3nnnn3-c3ccccc3)cs2)cc1. The van der Waals surface area contributed by atoms with Crippen molar-refractivity contribution in [2.75, 3.05) is 0 Å². The van der Waals surface area contributed by atoms with E-state index in [1.165, 1.54) is 5.56 Å². The van der Waals surface area contributed by atoms with Gasteiger partial charge in [0, 0.05) is 16.7 Å². The summed E-state index contributed by atoms with van der Waals surface area (Å²) < 4.78 is 1.75. The molecule has 0 atom stereocenters. The van der Waals surface area contributed by atoms with Crippen LogP contribution in [-0.2, 0) is 5.75 Å². The molecular weight excluding hydrogens is 350 g/mol. The van der Waals surface area contributed by atoms with E-state index >= 15 is 0 Å². The third-order valence-corrected chi connectivity index (χ3v) is 5.53. The number of aromatic nitrogens is 5. The number of tetrazole rings is 1. The number of hydrogen-bond acceptors (Lipinski definition) is 6. The molecule has 0 bridgehead atoms. The fraction of sp³-hybridized carbons (Fsp3) is 0.111. The lowest BCUT2D eigenvalue weighted by atomic mass is 10.2. The molecule has 0 amide bonds. The van der Waals surface area contributed by atoms with Gasteiger partial charge in [0.15, 0.2) is 0 Å². The summed E-state index contributed by atoms with van der Waals surface area (Å²) in [5, 5.41) is 15.9. The summed E-state index contributed by atoms with van der Waals surface area (Å²) in [7, 11) is 0. The predicted molar refractivity (Wildman–Crippen MR) is 101 cm³/mol. The molecule has 124 valence electrons. The first-order valence-corrected chi connectivity index (χ1v) is 9.64. The Kier molecular flexibility index (Phi) is 4.58. The maximum absolute atomic E-state index is 4.73. The Morgan fingerprint density at radius 3 is 2.64 bits per heavy atom. The Morgan fingerprint density at radius 2 is 1.84 bits per heavy atom. The van der Waals surface area contributed by atoms with Gasteiger partial charge in [-0.1, -0.05) is 59.8 Å². The molecule has 0 N–H and O–H groups in total. The highest BCUT2D eigenvalue weighted by atomic mass is 32.2. The molecule has 2 heterocycles. The van der Waals surface area contributed by atoms with Gasteiger partial charge in [-0.15, -0.1) is 16.4 Å². The van der Waals surface area contributed by atoms with Crippen molar-refractivity contribution in [1.82, 2.24) is 25.2 Å². The molecule has 0 aliphatic heterocycles. The molecule has 25 heavy (non-hydrogen) atoms. The minimum atomic E-state index is 0.732. The lowest BCUT2D eigenvalue weighted by molar-refractivity contribution is 0.756. The van der Waals surface area contributed by atoms with Crippen LogP contribution in [0.4, 0.5) is 0 Å². The van der Waals surface area contributed by atoms with Gasteiger partial charge in [0.1, 0.15) is 5.01 Å². The zero-order valence-electron chi connectivity index (χ0n) is 13.5. The Balaban J connectivity index is 1.48. The zero-order chi connectivity index (χ0) is 17.1. The van der Waals surface area contributed by atoms with Crippen LogP contribution in [0, 0.1) is 6.92 Å². The topological polar surface area (TPSA) is 56.5 Å². The van der Waals surface area contributed by atoms with E-state index < -0.39 is 0 Å². The van der Waals surface area contributed by atoms with Crippen molar-refractivity contribution in [2.45, 2.75) is 17.8 Å². The molecule has 2 aromatic heterocycles. The van der Waals surface area contributed by atoms with Crippen LogP contribution in [0.2, 0.25) is 0 Å². The second-order valence-electron chi connectivity index (χ2n) is 5.51. The van der Waals surface area contributed by atoms with Crippen LogP contribution in [0.3, 0.4) is 0 Å². The third-order valence-electron chi connectivity index (χ3n) is 3.64. The lowest BCUT2D eigenvalue weighted by Gasteiger charge is -2.02. The molecule has 5 nitrogen and oxygen atoms in total. The fourth-order valence-electron chi connectivity index (χ4n) is 2.34. The van der Waals surface area contributed by atoms with Crippen LogP contribution >= 0.6 is 23.1 Å². The highest BCUT2D eigenvalue weighted by molar-refractivity contribution is 7.98. The van der Waals surface area contributed by atoms with Crippen LogP contribution < -0.4 is 0 Å². The van der Waals surface area contributed by atoms with Crippen molar-refractivity contribution < 1.29 is 0 Å². The van der Waals surface area contributed by atoms with E-state index in [2.05, 4.69) is 52.1 Å². The molecule has 7 heteroatoms. The molecule has 4 rings (SSSR count). The average Bonchev–Trinajstić information content (AvgIpc) is 3.31. The van der Waals surface area contributed by atoms with Crippen molar-refractivity contribution in [3.63, 3.8) is 0 Å². The number of thiazole rings is 1. The first kappa shape index (κ1) is 16.0. The van der Waals surface area contributed by atoms with E-state index in [0.29, 0.717) is 0 Å². The highest BCUT2D eigenvalue weighted by Gasteiger charge is 2.11. The van der Waals surface area contributed by atoms with Gasteiger partial charge >= 0.3 is 0 Å². The fourth-order valence-corrected chi connectivity index (χ4v) is 4.06. The van der Waals surface area contributed by atoms with Crippen molar-refractivity contribution in [3.8, 4) is 16.3 Å². The molecule has 4 aromatic rings. The van der Waals surface area contributed by atoms with Crippen molar-refractivity contribution in [3.05, 3.63) is 71.2 Å². The Labute approximate surface area is 153 Å². The second kappa shape index (κ2) is 7.16. The van der Waals surface area contributed by atoms with Gasteiger partial charge in [0.25, 0.3) is 0 Å². The molecule has 2 aromatic carbocycles. The average molecular weight is 365 g/mol. The summed E-state index contributed by atoms with van der Waals surface area (Å²) in [5.41, 5.74) is 4.40. The molecule has 0 radical (unpaired) electrons. The van der Waals surface area contributed by atoms with E-state index in [1.807, 2.05) is 30.3 Å². The molecule has 0 fully saturated rings. The Morgan fingerprint density at radius 1 is 1.04 bits per heavy atom. The first-order valence-electron chi connectivity index (χ1n) is 7.77. The first-order chi connectivity index (χ1) is 12.3. The molecule has 0 saturated carbocycles. The normalized spacial score (nSPS) is 10.9. The molecule has 0 unspecified atom stereocenters. The Bertz CT molecular complexity index is 961.